The Morgan fingerprint density at radius 3 is 2.60 bits per heavy atom. The number of aryl methyl sites for hydroxylation is 1. The normalized spacial score (nSPS) is 18.4. The van der Waals surface area contributed by atoms with Gasteiger partial charge in [0.2, 0.25) is 0 Å². The van der Waals surface area contributed by atoms with Gasteiger partial charge in [-0.1, -0.05) is 6.07 Å². The average Bonchev–Trinajstić information content (AvgIpc) is 3.49. The quantitative estimate of drug-likeness (QED) is 0.838. The third-order valence-electron chi connectivity index (χ3n) is 5.34. The molecular weight excluding hydrogens is 312 g/mol. The molecule has 0 N–H and O–H groups in total. The van der Waals surface area contributed by atoms with Gasteiger partial charge in [-0.05, 0) is 43.0 Å². The Bertz CT molecular complexity index is 736. The van der Waals surface area contributed by atoms with Gasteiger partial charge in [-0.25, -0.2) is 9.97 Å². The first-order valence-corrected chi connectivity index (χ1v) is 9.16. The Kier molecular flexibility index (Phi) is 4.57. The number of methoxy groups -OCH3 is 1. The van der Waals surface area contributed by atoms with E-state index >= 15 is 0 Å². The highest BCUT2D eigenvalue weighted by molar-refractivity contribution is 5.42. The van der Waals surface area contributed by atoms with Gasteiger partial charge in [0.15, 0.2) is 0 Å². The Labute approximate surface area is 149 Å². The van der Waals surface area contributed by atoms with E-state index < -0.39 is 0 Å². The van der Waals surface area contributed by atoms with E-state index in [1.165, 1.54) is 24.0 Å². The molecule has 5 nitrogen and oxygen atoms in total. The molecule has 0 spiro atoms. The van der Waals surface area contributed by atoms with Crippen molar-refractivity contribution in [3.63, 3.8) is 0 Å². The zero-order valence-corrected chi connectivity index (χ0v) is 15.1. The first kappa shape index (κ1) is 16.3. The van der Waals surface area contributed by atoms with Crippen LogP contribution in [-0.2, 0) is 6.42 Å². The fraction of sp³-hybridized carbons (Fsp3) is 0.500. The number of hydrogen-bond acceptors (Lipinski definition) is 5. The summed E-state index contributed by atoms with van der Waals surface area (Å²) in [6.45, 7) is 6.56. The molecule has 1 aliphatic carbocycles. The number of ether oxygens (including phenoxy) is 1. The van der Waals surface area contributed by atoms with E-state index in [4.69, 9.17) is 4.74 Å². The summed E-state index contributed by atoms with van der Waals surface area (Å²) in [7, 11) is 1.71. The van der Waals surface area contributed by atoms with Crippen LogP contribution in [-0.4, -0.2) is 54.2 Å². The van der Waals surface area contributed by atoms with Crippen LogP contribution < -0.4 is 9.64 Å². The second kappa shape index (κ2) is 7.00. The molecule has 0 atom stereocenters. The van der Waals surface area contributed by atoms with Crippen molar-refractivity contribution in [1.29, 1.82) is 0 Å². The van der Waals surface area contributed by atoms with E-state index in [-0.39, 0.29) is 0 Å². The van der Waals surface area contributed by atoms with Crippen LogP contribution in [0.4, 0.5) is 5.82 Å². The highest BCUT2D eigenvalue weighted by atomic mass is 16.5. The molecule has 1 saturated heterocycles. The molecule has 132 valence electrons. The summed E-state index contributed by atoms with van der Waals surface area (Å²) < 4.78 is 5.36. The van der Waals surface area contributed by atoms with E-state index in [2.05, 4.69) is 44.9 Å². The number of aromatic nitrogens is 2. The Morgan fingerprint density at radius 2 is 1.88 bits per heavy atom. The van der Waals surface area contributed by atoms with E-state index in [9.17, 15) is 0 Å². The molecule has 2 aliphatic rings. The van der Waals surface area contributed by atoms with Gasteiger partial charge in [0.05, 0.1) is 12.8 Å². The van der Waals surface area contributed by atoms with Crippen molar-refractivity contribution in [3.8, 4) is 5.75 Å². The minimum Gasteiger partial charge on any atom is -0.497 e. The van der Waals surface area contributed by atoms with Crippen molar-refractivity contribution in [3.05, 3.63) is 47.4 Å². The molecule has 0 unspecified atom stereocenters. The van der Waals surface area contributed by atoms with Gasteiger partial charge in [0, 0.05) is 44.7 Å². The van der Waals surface area contributed by atoms with E-state index in [0.717, 1.165) is 55.9 Å². The van der Waals surface area contributed by atoms with Crippen LogP contribution in [0.15, 0.2) is 30.6 Å². The van der Waals surface area contributed by atoms with E-state index in [1.807, 2.05) is 6.07 Å². The Balaban J connectivity index is 1.46. The predicted molar refractivity (Wildman–Crippen MR) is 99.4 cm³/mol. The smallest absolute Gasteiger partial charge is 0.132 e. The second-order valence-electron chi connectivity index (χ2n) is 7.09. The van der Waals surface area contributed by atoms with Crippen LogP contribution in [0.25, 0.3) is 0 Å². The predicted octanol–water partition coefficient (Wildman–Crippen LogP) is 2.67. The number of nitrogens with zero attached hydrogens (tertiary/aromatic N) is 4. The van der Waals surface area contributed by atoms with Crippen LogP contribution in [0, 0.1) is 6.92 Å². The highest BCUT2D eigenvalue weighted by Gasteiger charge is 2.31. The zero-order valence-electron chi connectivity index (χ0n) is 15.1. The fourth-order valence-electron chi connectivity index (χ4n) is 3.57. The molecule has 2 aromatic rings. The molecular formula is C20H26N4O. The summed E-state index contributed by atoms with van der Waals surface area (Å²) in [5.41, 5.74) is 3.58. The Hall–Kier alpha value is -2.14. The third kappa shape index (κ3) is 3.76. The largest absolute Gasteiger partial charge is 0.497 e. The van der Waals surface area contributed by atoms with Gasteiger partial charge < -0.3 is 9.64 Å². The summed E-state index contributed by atoms with van der Waals surface area (Å²) in [5.74, 6) is 1.95. The summed E-state index contributed by atoms with van der Waals surface area (Å²) >= 11 is 0. The summed E-state index contributed by atoms with van der Waals surface area (Å²) in [5, 5.41) is 0. The maximum Gasteiger partial charge on any atom is 0.132 e. The highest BCUT2D eigenvalue weighted by Crippen LogP contribution is 2.28. The third-order valence-corrected chi connectivity index (χ3v) is 5.34. The van der Waals surface area contributed by atoms with Crippen molar-refractivity contribution in [2.45, 2.75) is 32.2 Å². The number of hydrogen-bond donors (Lipinski definition) is 0. The number of benzene rings is 1. The SMILES string of the molecule is COc1ccc(C)c(Cc2cc(N3CCN(C4CC4)CC3)ncn2)c1. The van der Waals surface area contributed by atoms with Crippen LogP contribution in [0.5, 0.6) is 5.75 Å². The van der Waals surface area contributed by atoms with Crippen LogP contribution in [0.3, 0.4) is 0 Å². The molecule has 1 aromatic heterocycles. The molecule has 25 heavy (non-hydrogen) atoms. The van der Waals surface area contributed by atoms with Crippen molar-refractivity contribution in [2.75, 3.05) is 38.2 Å². The van der Waals surface area contributed by atoms with Crippen molar-refractivity contribution in [2.24, 2.45) is 0 Å². The number of piperazine rings is 1. The van der Waals surface area contributed by atoms with Gasteiger partial charge in [-0.2, -0.15) is 0 Å². The lowest BCUT2D eigenvalue weighted by Gasteiger charge is -2.35. The average molecular weight is 338 g/mol. The van der Waals surface area contributed by atoms with Gasteiger partial charge in [-0.3, -0.25) is 4.90 Å². The molecule has 0 amide bonds. The van der Waals surface area contributed by atoms with Gasteiger partial charge in [-0.15, -0.1) is 0 Å². The van der Waals surface area contributed by atoms with Gasteiger partial charge in [0.1, 0.15) is 17.9 Å². The zero-order chi connectivity index (χ0) is 17.2. The molecule has 1 aliphatic heterocycles. The van der Waals surface area contributed by atoms with Gasteiger partial charge in [0.25, 0.3) is 0 Å². The minimum absolute atomic E-state index is 0.806. The first-order chi connectivity index (χ1) is 12.2. The molecule has 1 aromatic carbocycles. The summed E-state index contributed by atoms with van der Waals surface area (Å²) in [6.07, 6.45) is 5.28. The molecule has 2 fully saturated rings. The van der Waals surface area contributed by atoms with E-state index in [1.54, 1.807) is 13.4 Å². The van der Waals surface area contributed by atoms with Crippen molar-refractivity contribution in [1.82, 2.24) is 14.9 Å². The van der Waals surface area contributed by atoms with Crippen LogP contribution in [0.1, 0.15) is 29.7 Å². The Morgan fingerprint density at radius 1 is 1.08 bits per heavy atom. The number of rotatable bonds is 5. The van der Waals surface area contributed by atoms with Crippen molar-refractivity contribution < 1.29 is 4.74 Å². The lowest BCUT2D eigenvalue weighted by Crippen LogP contribution is -2.47. The molecule has 0 bridgehead atoms. The standard InChI is InChI=1S/C20H26N4O/c1-15-3-6-19(25-2)12-16(15)11-17-13-20(22-14-21-17)24-9-7-23(8-10-24)18-4-5-18/h3,6,12-14,18H,4-5,7-11H2,1-2H3. The van der Waals surface area contributed by atoms with E-state index in [0.29, 0.717) is 0 Å². The summed E-state index contributed by atoms with van der Waals surface area (Å²) in [4.78, 5) is 14.0. The molecule has 4 rings (SSSR count). The van der Waals surface area contributed by atoms with Crippen LogP contribution in [0.2, 0.25) is 0 Å². The maximum absolute atomic E-state index is 5.36. The molecule has 5 heteroatoms. The monoisotopic (exact) mass is 338 g/mol. The molecule has 0 radical (unpaired) electrons. The molecule has 2 heterocycles. The maximum atomic E-state index is 5.36. The minimum atomic E-state index is 0.806. The lowest BCUT2D eigenvalue weighted by molar-refractivity contribution is 0.247. The second-order valence-corrected chi connectivity index (χ2v) is 7.09. The molecule has 1 saturated carbocycles. The number of anilines is 1. The first-order valence-electron chi connectivity index (χ1n) is 9.16. The van der Waals surface area contributed by atoms with Crippen LogP contribution >= 0.6 is 0 Å². The fourth-order valence-corrected chi connectivity index (χ4v) is 3.57. The summed E-state index contributed by atoms with van der Waals surface area (Å²) in [6, 6.07) is 9.22. The lowest BCUT2D eigenvalue weighted by atomic mass is 10.0. The topological polar surface area (TPSA) is 41.5 Å². The van der Waals surface area contributed by atoms with Crippen molar-refractivity contribution >= 4 is 5.82 Å². The van der Waals surface area contributed by atoms with Gasteiger partial charge >= 0.3 is 0 Å².